The van der Waals surface area contributed by atoms with Crippen LogP contribution in [-0.4, -0.2) is 145 Å². The summed E-state index contributed by atoms with van der Waals surface area (Å²) >= 11 is 0. The topological polar surface area (TPSA) is 150 Å². The molecule has 2 atom stereocenters. The molecule has 0 radical (unpaired) electrons. The molecule has 55 heavy (non-hydrogen) atoms. The third kappa shape index (κ3) is 8.77. The van der Waals surface area contributed by atoms with Gasteiger partial charge in [0.1, 0.15) is 12.0 Å². The number of phenols is 1. The first-order valence-corrected chi connectivity index (χ1v) is 20.1. The van der Waals surface area contributed by atoms with Gasteiger partial charge in [0.25, 0.3) is 0 Å². The van der Waals surface area contributed by atoms with Crippen LogP contribution in [0.3, 0.4) is 0 Å². The van der Waals surface area contributed by atoms with E-state index in [0.29, 0.717) is 42.2 Å². The maximum Gasteiger partial charge on any atom is 0.243 e. The molecule has 2 amide bonds. The SMILES string of the molecule is O=Cc1cc(N2CCN(CCCN3CCC(CN4CCN5c6cc(-c7ccccc7O)nnc6NC[C@H]5C4)CC3)CC2)ccc1CNC1CCC(=O)NC1=O. The van der Waals surface area contributed by atoms with Crippen LogP contribution in [0.5, 0.6) is 5.75 Å². The van der Waals surface area contributed by atoms with Gasteiger partial charge in [-0.25, -0.2) is 0 Å². The number of piperidine rings is 2. The Kier molecular flexibility index (Phi) is 11.5. The number of para-hydroxylation sites is 1. The van der Waals surface area contributed by atoms with Crippen molar-refractivity contribution in [1.82, 2.24) is 35.5 Å². The fourth-order valence-electron chi connectivity index (χ4n) is 9.02. The van der Waals surface area contributed by atoms with Crippen molar-refractivity contribution in [2.24, 2.45) is 5.92 Å². The molecule has 0 saturated carbocycles. The second kappa shape index (κ2) is 17.0. The molecule has 14 heteroatoms. The molecule has 0 aliphatic carbocycles. The van der Waals surface area contributed by atoms with Gasteiger partial charge >= 0.3 is 0 Å². The Labute approximate surface area is 323 Å². The normalized spacial score (nSPS) is 22.8. The highest BCUT2D eigenvalue weighted by Crippen LogP contribution is 2.36. The number of hydrogen-bond acceptors (Lipinski definition) is 13. The van der Waals surface area contributed by atoms with E-state index in [1.165, 1.54) is 38.9 Å². The number of anilines is 3. The van der Waals surface area contributed by atoms with Gasteiger partial charge in [-0.1, -0.05) is 18.2 Å². The van der Waals surface area contributed by atoms with Crippen LogP contribution < -0.4 is 25.8 Å². The number of aromatic nitrogens is 2. The molecule has 14 nitrogen and oxygen atoms in total. The molecule has 2 aromatic carbocycles. The zero-order valence-corrected chi connectivity index (χ0v) is 31.7. The predicted octanol–water partition coefficient (Wildman–Crippen LogP) is 2.40. The Morgan fingerprint density at radius 1 is 0.873 bits per heavy atom. The maximum absolute atomic E-state index is 12.1. The number of phenolic OH excluding ortho intramolecular Hbond substituents is 1. The molecule has 4 N–H and O–H groups in total. The number of likely N-dealkylation sites (tertiary alicyclic amines) is 1. The minimum Gasteiger partial charge on any atom is -0.507 e. The number of carbonyl (C=O) groups is 3. The maximum atomic E-state index is 12.1. The van der Waals surface area contributed by atoms with Gasteiger partial charge in [0.05, 0.1) is 23.5 Å². The fourth-order valence-corrected chi connectivity index (χ4v) is 9.02. The number of carbonyl (C=O) groups excluding carboxylic acids is 3. The fraction of sp³-hybridized carbons (Fsp3) is 0.537. The van der Waals surface area contributed by atoms with Gasteiger partial charge in [-0.3, -0.25) is 29.5 Å². The van der Waals surface area contributed by atoms with Crippen LogP contribution in [0.2, 0.25) is 0 Å². The van der Waals surface area contributed by atoms with E-state index in [1.54, 1.807) is 6.07 Å². The largest absolute Gasteiger partial charge is 0.507 e. The van der Waals surface area contributed by atoms with Gasteiger partial charge in [0.15, 0.2) is 5.82 Å². The second-order valence-electron chi connectivity index (χ2n) is 15.8. The van der Waals surface area contributed by atoms with E-state index in [0.717, 1.165) is 100 Å². The first-order chi connectivity index (χ1) is 26.9. The number of aldehydes is 1. The summed E-state index contributed by atoms with van der Waals surface area (Å²) in [4.78, 5) is 48.2. The van der Waals surface area contributed by atoms with Crippen molar-refractivity contribution in [3.63, 3.8) is 0 Å². The second-order valence-corrected chi connectivity index (χ2v) is 15.8. The van der Waals surface area contributed by atoms with Crippen LogP contribution in [0.15, 0.2) is 48.5 Å². The Morgan fingerprint density at radius 3 is 2.44 bits per heavy atom. The molecular weight excluding hydrogens is 697 g/mol. The van der Waals surface area contributed by atoms with Crippen molar-refractivity contribution in [1.29, 1.82) is 0 Å². The first-order valence-electron chi connectivity index (χ1n) is 20.1. The zero-order valence-electron chi connectivity index (χ0n) is 31.7. The van der Waals surface area contributed by atoms with E-state index in [4.69, 9.17) is 0 Å². The molecule has 4 saturated heterocycles. The van der Waals surface area contributed by atoms with Crippen LogP contribution in [0.25, 0.3) is 11.3 Å². The summed E-state index contributed by atoms with van der Waals surface area (Å²) in [7, 11) is 0. The van der Waals surface area contributed by atoms with E-state index in [2.05, 4.69) is 62.8 Å². The Balaban J connectivity index is 0.727. The molecule has 8 rings (SSSR count). The first kappa shape index (κ1) is 37.3. The lowest BCUT2D eigenvalue weighted by Crippen LogP contribution is -2.58. The molecule has 5 aliphatic heterocycles. The lowest BCUT2D eigenvalue weighted by molar-refractivity contribution is -0.134. The Bertz CT molecular complexity index is 1840. The molecule has 4 fully saturated rings. The highest BCUT2D eigenvalue weighted by Gasteiger charge is 2.34. The number of rotatable bonds is 12. The Hall–Kier alpha value is -4.63. The van der Waals surface area contributed by atoms with Gasteiger partial charge in [0, 0.05) is 88.7 Å². The van der Waals surface area contributed by atoms with Gasteiger partial charge < -0.3 is 30.4 Å². The van der Waals surface area contributed by atoms with Crippen LogP contribution >= 0.6 is 0 Å². The number of imide groups is 1. The van der Waals surface area contributed by atoms with E-state index in [1.807, 2.05) is 30.3 Å². The quantitative estimate of drug-likeness (QED) is 0.159. The van der Waals surface area contributed by atoms with Crippen molar-refractivity contribution in [2.75, 3.05) is 100 Å². The third-order valence-corrected chi connectivity index (χ3v) is 12.3. The van der Waals surface area contributed by atoms with Crippen LogP contribution in [-0.2, 0) is 16.1 Å². The summed E-state index contributed by atoms with van der Waals surface area (Å²) < 4.78 is 0. The highest BCUT2D eigenvalue weighted by molar-refractivity contribution is 6.00. The monoisotopic (exact) mass is 750 g/mol. The molecule has 292 valence electrons. The average molecular weight is 751 g/mol. The van der Waals surface area contributed by atoms with Gasteiger partial charge in [-0.05, 0) is 93.7 Å². The minimum atomic E-state index is -0.422. The van der Waals surface area contributed by atoms with Gasteiger partial charge in [-0.2, -0.15) is 0 Å². The van der Waals surface area contributed by atoms with Crippen LogP contribution in [0.4, 0.5) is 17.2 Å². The summed E-state index contributed by atoms with van der Waals surface area (Å²) in [5.41, 5.74) is 5.04. The van der Waals surface area contributed by atoms with Crippen molar-refractivity contribution >= 4 is 35.3 Å². The van der Waals surface area contributed by atoms with Crippen molar-refractivity contribution in [3.8, 4) is 17.0 Å². The predicted molar refractivity (Wildman–Crippen MR) is 212 cm³/mol. The molecule has 0 bridgehead atoms. The Morgan fingerprint density at radius 2 is 1.65 bits per heavy atom. The molecular formula is C41H54N10O4. The average Bonchev–Trinajstić information content (AvgIpc) is 3.21. The lowest BCUT2D eigenvalue weighted by Gasteiger charge is -2.47. The van der Waals surface area contributed by atoms with Crippen molar-refractivity contribution in [3.05, 3.63) is 59.7 Å². The number of hydrogen-bond donors (Lipinski definition) is 4. The van der Waals surface area contributed by atoms with Crippen molar-refractivity contribution < 1.29 is 19.5 Å². The summed E-state index contributed by atoms with van der Waals surface area (Å²) in [5, 5.41) is 28.3. The lowest BCUT2D eigenvalue weighted by atomic mass is 9.95. The molecule has 1 aromatic heterocycles. The minimum absolute atomic E-state index is 0.222. The number of nitrogens with one attached hydrogen (secondary N) is 3. The molecule has 3 aromatic rings. The number of nitrogens with zero attached hydrogens (tertiary/aromatic N) is 7. The summed E-state index contributed by atoms with van der Waals surface area (Å²) in [5.74, 6) is 1.26. The van der Waals surface area contributed by atoms with Crippen molar-refractivity contribution in [2.45, 2.75) is 50.7 Å². The van der Waals surface area contributed by atoms with E-state index in [-0.39, 0.29) is 17.6 Å². The van der Waals surface area contributed by atoms with Crippen LogP contribution in [0.1, 0.15) is 48.0 Å². The standard InChI is InChI=1S/C41H54N10O4/c52-28-31-22-32(7-6-30(31)24-42-35-8-9-39(54)44-41(35)55)50-19-16-48(17-20-50)13-3-12-47-14-10-29(11-15-47)26-49-18-21-51-33(27-49)25-43-40-37(51)23-36(45-46-40)34-4-1-2-5-38(34)53/h1-2,4-7,22-23,28-29,33,35,42,53H,3,8-21,24-27H2,(H,43,46)(H,44,54,55)/t33-,35?/m0/s1. The van der Waals surface area contributed by atoms with Gasteiger partial charge in [0.2, 0.25) is 11.8 Å². The van der Waals surface area contributed by atoms with E-state index in [9.17, 15) is 19.5 Å². The molecule has 6 heterocycles. The molecule has 5 aliphatic rings. The molecule has 0 spiro atoms. The molecule has 1 unspecified atom stereocenters. The number of aromatic hydroxyl groups is 1. The van der Waals surface area contributed by atoms with E-state index >= 15 is 0 Å². The smallest absolute Gasteiger partial charge is 0.243 e. The number of fused-ring (bicyclic) bond motifs is 3. The zero-order chi connectivity index (χ0) is 37.7. The number of benzene rings is 2. The van der Waals surface area contributed by atoms with Crippen LogP contribution in [0, 0.1) is 5.92 Å². The third-order valence-electron chi connectivity index (χ3n) is 12.3. The summed E-state index contributed by atoms with van der Waals surface area (Å²) in [6, 6.07) is 15.4. The number of piperazine rings is 2. The summed E-state index contributed by atoms with van der Waals surface area (Å²) in [6.07, 6.45) is 5.40. The summed E-state index contributed by atoms with van der Waals surface area (Å²) in [6.45, 7) is 14.0. The van der Waals surface area contributed by atoms with E-state index < -0.39 is 6.04 Å². The highest BCUT2D eigenvalue weighted by atomic mass is 16.3. The van der Waals surface area contributed by atoms with Gasteiger partial charge in [-0.15, -0.1) is 10.2 Å². The number of amides is 2.